The topological polar surface area (TPSA) is 110 Å². The molecule has 1 aliphatic heterocycles. The van der Waals surface area contributed by atoms with Gasteiger partial charge in [-0.3, -0.25) is 5.32 Å². The smallest absolute Gasteiger partial charge is 0.368 e. The molecule has 0 radical (unpaired) electrons. The summed E-state index contributed by atoms with van der Waals surface area (Å²) in [4.78, 5) is 33.6. The van der Waals surface area contributed by atoms with Crippen LogP contribution in [0.2, 0.25) is 0 Å². The van der Waals surface area contributed by atoms with Crippen molar-refractivity contribution in [2.24, 2.45) is 0 Å². The molecule has 1 fully saturated rings. The number of aromatic nitrogens is 3. The van der Waals surface area contributed by atoms with Crippen molar-refractivity contribution in [3.63, 3.8) is 0 Å². The molecule has 1 aromatic carbocycles. The second-order valence-corrected chi connectivity index (χ2v) is 7.55. The second kappa shape index (κ2) is 7.56. The number of carbonyl (C=O) groups is 1. The van der Waals surface area contributed by atoms with Gasteiger partial charge in [0.05, 0.1) is 18.1 Å². The number of nitrogen functional groups attached to an aromatic ring is 1. The van der Waals surface area contributed by atoms with Gasteiger partial charge in [0.2, 0.25) is 5.95 Å². The molecule has 0 saturated carbocycles. The Kier molecular flexibility index (Phi) is 4.97. The van der Waals surface area contributed by atoms with E-state index in [4.69, 9.17) is 10.6 Å². The summed E-state index contributed by atoms with van der Waals surface area (Å²) in [6.45, 7) is 5.78. The van der Waals surface area contributed by atoms with E-state index in [0.717, 1.165) is 21.7 Å². The lowest BCUT2D eigenvalue weighted by Gasteiger charge is -2.38. The van der Waals surface area contributed by atoms with Gasteiger partial charge in [-0.1, -0.05) is 17.7 Å². The van der Waals surface area contributed by atoms with Gasteiger partial charge in [0.25, 0.3) is 0 Å². The van der Waals surface area contributed by atoms with Gasteiger partial charge in [-0.2, -0.15) is 4.98 Å². The van der Waals surface area contributed by atoms with E-state index in [1.54, 1.807) is 10.6 Å². The molecule has 1 amide bonds. The van der Waals surface area contributed by atoms with Crippen molar-refractivity contribution in [1.29, 1.82) is 0 Å². The molecule has 9 nitrogen and oxygen atoms in total. The summed E-state index contributed by atoms with van der Waals surface area (Å²) < 4.78 is 0. The van der Waals surface area contributed by atoms with Crippen LogP contribution in [0.3, 0.4) is 0 Å². The summed E-state index contributed by atoms with van der Waals surface area (Å²) in [5.74, 6) is 0.954. The number of hydrogen-bond acceptors (Lipinski definition) is 9. The van der Waals surface area contributed by atoms with Crippen LogP contribution in [0, 0.1) is 6.92 Å². The minimum atomic E-state index is -0.502. The van der Waals surface area contributed by atoms with Crippen LogP contribution in [0.5, 0.6) is 0 Å². The molecular formula is C18H21N7O2S. The average molecular weight is 399 g/mol. The summed E-state index contributed by atoms with van der Waals surface area (Å²) >= 11 is 1.43. The standard InChI is InChI=1S/C18H21N7O2S/c1-11-3-5-13(6-4-11)21-18(26)27-25-8-7-24(9-12(25)2)15-14-16(28-10-20-14)23-17(19)22-15/h3-6,10,12H,7-9H2,1-2H3,(H,21,26)(H2,19,22,23). The summed E-state index contributed by atoms with van der Waals surface area (Å²) in [5, 5.41) is 4.43. The number of fused-ring (bicyclic) bond motifs is 1. The van der Waals surface area contributed by atoms with E-state index in [1.807, 2.05) is 38.1 Å². The first kappa shape index (κ1) is 18.4. The van der Waals surface area contributed by atoms with Crippen LogP contribution in [-0.2, 0) is 4.84 Å². The van der Waals surface area contributed by atoms with Crippen LogP contribution in [0.25, 0.3) is 10.3 Å². The quantitative estimate of drug-likeness (QED) is 0.692. The maximum absolute atomic E-state index is 12.2. The third kappa shape index (κ3) is 3.82. The highest BCUT2D eigenvalue weighted by atomic mass is 32.1. The minimum Gasteiger partial charge on any atom is -0.368 e. The van der Waals surface area contributed by atoms with E-state index in [1.165, 1.54) is 11.3 Å². The zero-order valence-corrected chi connectivity index (χ0v) is 16.4. The fourth-order valence-corrected chi connectivity index (χ4v) is 3.80. The number of rotatable bonds is 3. The lowest BCUT2D eigenvalue weighted by Crippen LogP contribution is -2.53. The molecular weight excluding hydrogens is 378 g/mol. The summed E-state index contributed by atoms with van der Waals surface area (Å²) in [7, 11) is 0. The van der Waals surface area contributed by atoms with Crippen molar-refractivity contribution >= 4 is 45.2 Å². The van der Waals surface area contributed by atoms with Crippen LogP contribution < -0.4 is 16.0 Å². The van der Waals surface area contributed by atoms with Crippen LogP contribution >= 0.6 is 11.3 Å². The van der Waals surface area contributed by atoms with Gasteiger partial charge in [-0.25, -0.2) is 14.8 Å². The van der Waals surface area contributed by atoms with Crippen LogP contribution in [0.1, 0.15) is 12.5 Å². The fourth-order valence-electron chi connectivity index (χ4n) is 3.14. The van der Waals surface area contributed by atoms with Crippen molar-refractivity contribution in [3.05, 3.63) is 35.3 Å². The van der Waals surface area contributed by atoms with Gasteiger partial charge in [-0.15, -0.1) is 16.4 Å². The monoisotopic (exact) mass is 399 g/mol. The van der Waals surface area contributed by atoms with Crippen LogP contribution in [-0.4, -0.2) is 51.8 Å². The Morgan fingerprint density at radius 2 is 2.07 bits per heavy atom. The Morgan fingerprint density at radius 3 is 2.82 bits per heavy atom. The Balaban J connectivity index is 1.40. The van der Waals surface area contributed by atoms with Crippen molar-refractivity contribution < 1.29 is 9.63 Å². The molecule has 1 aliphatic rings. The van der Waals surface area contributed by atoms with Crippen molar-refractivity contribution in [2.45, 2.75) is 19.9 Å². The van der Waals surface area contributed by atoms with E-state index < -0.39 is 6.09 Å². The summed E-state index contributed by atoms with van der Waals surface area (Å²) in [6.07, 6.45) is -0.502. The number of piperazine rings is 1. The predicted octanol–water partition coefficient (Wildman–Crippen LogP) is 2.65. The Labute approximate surface area is 166 Å². The van der Waals surface area contributed by atoms with Crippen LogP contribution in [0.15, 0.2) is 29.8 Å². The molecule has 2 aromatic heterocycles. The highest BCUT2D eigenvalue weighted by Gasteiger charge is 2.29. The minimum absolute atomic E-state index is 0.0256. The molecule has 0 aliphatic carbocycles. The SMILES string of the molecule is Cc1ccc(NC(=O)ON2CCN(c3nc(N)nc4scnc34)CC2C)cc1. The maximum atomic E-state index is 12.2. The Hall–Kier alpha value is -2.98. The number of hydrogen-bond donors (Lipinski definition) is 2. The predicted molar refractivity (Wildman–Crippen MR) is 109 cm³/mol. The number of hydroxylamine groups is 2. The summed E-state index contributed by atoms with van der Waals surface area (Å²) in [6, 6.07) is 7.53. The lowest BCUT2D eigenvalue weighted by molar-refractivity contribution is -0.126. The van der Waals surface area contributed by atoms with Gasteiger partial charge >= 0.3 is 6.09 Å². The number of benzene rings is 1. The highest BCUT2D eigenvalue weighted by molar-refractivity contribution is 7.16. The second-order valence-electron chi connectivity index (χ2n) is 6.72. The molecule has 4 rings (SSSR count). The average Bonchev–Trinajstić information content (AvgIpc) is 3.13. The number of anilines is 3. The van der Waals surface area contributed by atoms with Crippen molar-refractivity contribution in [1.82, 2.24) is 20.0 Å². The molecule has 28 heavy (non-hydrogen) atoms. The number of aryl methyl sites for hydroxylation is 1. The van der Waals surface area contributed by atoms with E-state index >= 15 is 0 Å². The molecule has 3 heterocycles. The molecule has 3 N–H and O–H groups in total. The molecule has 1 unspecified atom stereocenters. The molecule has 0 spiro atoms. The van der Waals surface area contributed by atoms with Crippen LogP contribution in [0.4, 0.5) is 22.2 Å². The third-order valence-corrected chi connectivity index (χ3v) is 5.28. The maximum Gasteiger partial charge on any atom is 0.430 e. The van der Waals surface area contributed by atoms with Crippen molar-refractivity contribution in [3.8, 4) is 0 Å². The Morgan fingerprint density at radius 1 is 1.29 bits per heavy atom. The first-order valence-corrected chi connectivity index (χ1v) is 9.81. The first-order valence-electron chi connectivity index (χ1n) is 8.93. The van der Waals surface area contributed by atoms with E-state index in [9.17, 15) is 4.79 Å². The zero-order chi connectivity index (χ0) is 19.7. The van der Waals surface area contributed by atoms with E-state index in [2.05, 4.69) is 25.2 Å². The molecule has 3 aromatic rings. The number of carbonyl (C=O) groups excluding carboxylic acids is 1. The molecule has 10 heteroatoms. The highest BCUT2D eigenvalue weighted by Crippen LogP contribution is 2.27. The third-order valence-electron chi connectivity index (χ3n) is 4.56. The number of nitrogens with one attached hydrogen (secondary N) is 1. The number of nitrogens with zero attached hydrogens (tertiary/aromatic N) is 5. The number of nitrogens with two attached hydrogens (primary N) is 1. The lowest BCUT2D eigenvalue weighted by atomic mass is 10.2. The van der Waals surface area contributed by atoms with Gasteiger partial charge in [0, 0.05) is 18.8 Å². The molecule has 1 saturated heterocycles. The van der Waals surface area contributed by atoms with E-state index in [0.29, 0.717) is 25.3 Å². The zero-order valence-electron chi connectivity index (χ0n) is 15.6. The van der Waals surface area contributed by atoms with Gasteiger partial charge < -0.3 is 15.5 Å². The van der Waals surface area contributed by atoms with Crippen molar-refractivity contribution in [2.75, 3.05) is 35.6 Å². The van der Waals surface area contributed by atoms with Gasteiger partial charge in [-0.05, 0) is 26.0 Å². The largest absolute Gasteiger partial charge is 0.430 e. The van der Waals surface area contributed by atoms with Gasteiger partial charge in [0.15, 0.2) is 10.6 Å². The first-order chi connectivity index (χ1) is 13.5. The molecule has 146 valence electrons. The normalized spacial score (nSPS) is 17.6. The number of thiazole rings is 1. The van der Waals surface area contributed by atoms with Gasteiger partial charge in [0.1, 0.15) is 5.52 Å². The van der Waals surface area contributed by atoms with E-state index in [-0.39, 0.29) is 12.0 Å². The molecule has 0 bridgehead atoms. The molecule has 1 atom stereocenters. The fraction of sp³-hybridized carbons (Fsp3) is 0.333. The summed E-state index contributed by atoms with van der Waals surface area (Å²) in [5.41, 5.74) is 10.2. The number of amides is 1. The Bertz CT molecular complexity index is 991.